The fourth-order valence-electron chi connectivity index (χ4n) is 11.6. The van der Waals surface area contributed by atoms with E-state index in [2.05, 4.69) is 265 Å². The van der Waals surface area contributed by atoms with Gasteiger partial charge in [-0.25, -0.2) is 0 Å². The van der Waals surface area contributed by atoms with Crippen molar-refractivity contribution < 1.29 is 8.83 Å². The van der Waals surface area contributed by atoms with Crippen molar-refractivity contribution in [2.75, 3.05) is 9.80 Å². The van der Waals surface area contributed by atoms with Crippen LogP contribution in [-0.2, 0) is 5.41 Å². The second-order valence-electron chi connectivity index (χ2n) is 18.4. The largest absolute Gasteiger partial charge is 0.456 e. The third-order valence-electron chi connectivity index (χ3n) is 14.5. The summed E-state index contributed by atoms with van der Waals surface area (Å²) in [4.78, 5) is 4.71. The molecule has 11 aromatic carbocycles. The van der Waals surface area contributed by atoms with Crippen LogP contribution in [0.1, 0.15) is 22.3 Å². The van der Waals surface area contributed by atoms with Crippen LogP contribution in [0.5, 0.6) is 0 Å². The molecule has 0 unspecified atom stereocenters. The molecule has 71 heavy (non-hydrogen) atoms. The Balaban J connectivity index is 0.924. The second kappa shape index (κ2) is 16.4. The molecule has 0 aliphatic heterocycles. The maximum absolute atomic E-state index is 6.94. The molecule has 1 aliphatic carbocycles. The highest BCUT2D eigenvalue weighted by Crippen LogP contribution is 2.57. The molecule has 2 aromatic heterocycles. The van der Waals surface area contributed by atoms with E-state index in [0.29, 0.717) is 0 Å². The molecule has 0 saturated heterocycles. The normalized spacial score (nSPS) is 12.6. The first-order valence-corrected chi connectivity index (χ1v) is 24.2. The molecule has 0 atom stereocenters. The molecule has 0 saturated carbocycles. The Hall–Kier alpha value is -9.38. The second-order valence-corrected chi connectivity index (χ2v) is 18.4. The van der Waals surface area contributed by atoms with E-state index in [0.717, 1.165) is 89.1 Å². The van der Waals surface area contributed by atoms with Gasteiger partial charge in [-0.2, -0.15) is 0 Å². The van der Waals surface area contributed by atoms with Crippen molar-refractivity contribution in [2.45, 2.75) is 5.41 Å². The van der Waals surface area contributed by atoms with Crippen LogP contribution in [0, 0.1) is 0 Å². The summed E-state index contributed by atoms with van der Waals surface area (Å²) in [6.07, 6.45) is 0. The van der Waals surface area contributed by atoms with E-state index < -0.39 is 5.41 Å². The van der Waals surface area contributed by atoms with Gasteiger partial charge in [-0.05, 0) is 129 Å². The minimum absolute atomic E-state index is 0.531. The van der Waals surface area contributed by atoms with Gasteiger partial charge in [0.15, 0.2) is 0 Å². The Kier molecular flexibility index (Phi) is 9.39. The number of furan rings is 2. The molecule has 4 nitrogen and oxygen atoms in total. The molecule has 0 radical (unpaired) electrons. The number of fused-ring (bicyclic) bond motifs is 9. The Bertz CT molecular complexity index is 4090. The first-order valence-electron chi connectivity index (χ1n) is 24.2. The van der Waals surface area contributed by atoms with Crippen LogP contribution in [0.2, 0.25) is 0 Å². The molecule has 0 spiro atoms. The fraction of sp³-hybridized carbons (Fsp3) is 0.0149. The lowest BCUT2D eigenvalue weighted by molar-refractivity contribution is 0.668. The highest BCUT2D eigenvalue weighted by atomic mass is 16.3. The molecule has 0 amide bonds. The summed E-state index contributed by atoms with van der Waals surface area (Å²) in [7, 11) is 0. The lowest BCUT2D eigenvalue weighted by atomic mass is 9.67. The van der Waals surface area contributed by atoms with Gasteiger partial charge in [0.2, 0.25) is 0 Å². The zero-order chi connectivity index (χ0) is 46.9. The van der Waals surface area contributed by atoms with E-state index in [4.69, 9.17) is 8.83 Å². The highest BCUT2D eigenvalue weighted by Gasteiger charge is 2.46. The van der Waals surface area contributed by atoms with Gasteiger partial charge in [0.1, 0.15) is 22.3 Å². The van der Waals surface area contributed by atoms with E-state index in [-0.39, 0.29) is 0 Å². The number of hydrogen-bond acceptors (Lipinski definition) is 4. The van der Waals surface area contributed by atoms with Crippen LogP contribution in [0.3, 0.4) is 0 Å². The summed E-state index contributed by atoms with van der Waals surface area (Å²) >= 11 is 0. The maximum Gasteiger partial charge on any atom is 0.137 e. The zero-order valence-corrected chi connectivity index (χ0v) is 38.6. The molecule has 2 heterocycles. The Morgan fingerprint density at radius 2 is 0.775 bits per heavy atom. The maximum atomic E-state index is 6.94. The predicted molar refractivity (Wildman–Crippen MR) is 293 cm³/mol. The van der Waals surface area contributed by atoms with Crippen molar-refractivity contribution in [1.29, 1.82) is 0 Å². The molecule has 4 heteroatoms. The molecule has 13 aromatic rings. The monoisotopic (exact) mass is 908 g/mol. The summed E-state index contributed by atoms with van der Waals surface area (Å²) < 4.78 is 13.3. The minimum atomic E-state index is -0.531. The molecule has 334 valence electrons. The zero-order valence-electron chi connectivity index (χ0n) is 38.6. The smallest absolute Gasteiger partial charge is 0.137 e. The topological polar surface area (TPSA) is 32.8 Å². The summed E-state index contributed by atoms with van der Waals surface area (Å²) in [5.41, 5.74) is 18.9. The summed E-state index contributed by atoms with van der Waals surface area (Å²) in [5, 5.41) is 4.31. The lowest BCUT2D eigenvalue weighted by Gasteiger charge is -2.35. The van der Waals surface area contributed by atoms with Gasteiger partial charge >= 0.3 is 0 Å². The van der Waals surface area contributed by atoms with Crippen molar-refractivity contribution in [1.82, 2.24) is 0 Å². The van der Waals surface area contributed by atoms with Gasteiger partial charge in [0.25, 0.3) is 0 Å². The van der Waals surface area contributed by atoms with Crippen LogP contribution in [-0.4, -0.2) is 0 Å². The first-order chi connectivity index (χ1) is 35.2. The average molecular weight is 909 g/mol. The molecule has 0 bridgehead atoms. The van der Waals surface area contributed by atoms with E-state index in [1.54, 1.807) is 0 Å². The predicted octanol–water partition coefficient (Wildman–Crippen LogP) is 18.5. The number of rotatable bonds is 9. The molecule has 1 aliphatic rings. The van der Waals surface area contributed by atoms with Crippen molar-refractivity contribution in [2.24, 2.45) is 0 Å². The summed E-state index contributed by atoms with van der Waals surface area (Å²) in [5.74, 6) is 0. The van der Waals surface area contributed by atoms with Gasteiger partial charge in [-0.3, -0.25) is 0 Å². The molecule has 14 rings (SSSR count). The van der Waals surface area contributed by atoms with Crippen molar-refractivity contribution >= 4 is 78.0 Å². The van der Waals surface area contributed by atoms with Crippen molar-refractivity contribution in [3.05, 3.63) is 289 Å². The summed E-state index contributed by atoms with van der Waals surface area (Å²) in [6.45, 7) is 0. The van der Waals surface area contributed by atoms with Crippen molar-refractivity contribution in [3.63, 3.8) is 0 Å². The van der Waals surface area contributed by atoms with Crippen LogP contribution in [0.25, 0.3) is 66.1 Å². The van der Waals surface area contributed by atoms with E-state index in [1.807, 2.05) is 12.1 Å². The van der Waals surface area contributed by atoms with Crippen LogP contribution < -0.4 is 9.80 Å². The van der Waals surface area contributed by atoms with Gasteiger partial charge in [-0.15, -0.1) is 0 Å². The van der Waals surface area contributed by atoms with Crippen LogP contribution >= 0.6 is 0 Å². The third kappa shape index (κ3) is 6.39. The van der Waals surface area contributed by atoms with Crippen LogP contribution in [0.15, 0.2) is 276 Å². The van der Waals surface area contributed by atoms with Crippen molar-refractivity contribution in [3.8, 4) is 22.3 Å². The minimum Gasteiger partial charge on any atom is -0.456 e. The molecule has 0 N–H and O–H groups in total. The van der Waals surface area contributed by atoms with Crippen LogP contribution in [0.4, 0.5) is 34.1 Å². The van der Waals surface area contributed by atoms with E-state index >= 15 is 0 Å². The standard InChI is InChI=1S/C67H44N2O2/c1-4-21-46(22-5-1)67(58-34-13-10-30-54(58)55-31-11-14-35-59(55)67)47-23-17-29-51(43-47)68(48-24-6-2-7-25-48)52-40-41-57-64(44-52)71-63-39-19-36-60(66(57)63)69(49-26-8-3-9-27-49)50-28-16-20-45(42-50)53-33-18-38-62-65(53)56-32-12-15-37-61(56)70-62/h1-44H. The quantitative estimate of drug-likeness (QED) is 0.144. The van der Waals surface area contributed by atoms with E-state index in [9.17, 15) is 0 Å². The average Bonchev–Trinajstić information content (AvgIpc) is 4.11. The Morgan fingerprint density at radius 3 is 1.52 bits per heavy atom. The highest BCUT2D eigenvalue weighted by molar-refractivity contribution is 6.15. The number of para-hydroxylation sites is 3. The first kappa shape index (κ1) is 40.7. The number of hydrogen-bond donors (Lipinski definition) is 0. The molecular weight excluding hydrogens is 865 g/mol. The lowest BCUT2D eigenvalue weighted by Crippen LogP contribution is -2.28. The number of anilines is 6. The van der Waals surface area contributed by atoms with Gasteiger partial charge < -0.3 is 18.6 Å². The van der Waals surface area contributed by atoms with Gasteiger partial charge in [0.05, 0.1) is 16.5 Å². The number of nitrogens with zero attached hydrogens (tertiary/aromatic N) is 2. The van der Waals surface area contributed by atoms with Gasteiger partial charge in [-0.1, -0.05) is 176 Å². The molecule has 0 fully saturated rings. The van der Waals surface area contributed by atoms with E-state index in [1.165, 1.54) is 33.4 Å². The fourth-order valence-corrected chi connectivity index (χ4v) is 11.6. The summed E-state index contributed by atoms with van der Waals surface area (Å²) in [6, 6.07) is 95.8. The Morgan fingerprint density at radius 1 is 0.282 bits per heavy atom. The number of benzene rings is 11. The van der Waals surface area contributed by atoms with Gasteiger partial charge in [0, 0.05) is 50.7 Å². The molecular formula is C67H44N2O2. The SMILES string of the molecule is c1ccc(N(c2cccc(C3(c4ccccc4)c4ccccc4-c4ccccc43)c2)c2ccc3c(c2)oc2cccc(N(c4ccccc4)c4cccc(-c5cccc6oc7ccccc7c56)c4)c23)cc1. The third-order valence-corrected chi connectivity index (χ3v) is 14.5. The Labute approximate surface area is 411 Å².